The quantitative estimate of drug-likeness (QED) is 0.336. The Morgan fingerprint density at radius 1 is 0.800 bits per heavy atom. The molecule has 5 N–H and O–H groups in total. The van der Waals surface area contributed by atoms with Crippen LogP contribution in [0.1, 0.15) is 47.9 Å². The Balaban J connectivity index is -0.0000000821. The van der Waals surface area contributed by atoms with Crippen molar-refractivity contribution < 1.29 is 41.3 Å². The zero-order valence-corrected chi connectivity index (χ0v) is 15.7. The van der Waals surface area contributed by atoms with Crippen LogP contribution in [-0.2, 0) is 14.4 Å². The fourth-order valence-electron chi connectivity index (χ4n) is 1.03. The van der Waals surface area contributed by atoms with E-state index in [1.807, 2.05) is 20.6 Å². The van der Waals surface area contributed by atoms with Crippen LogP contribution in [0.25, 0.3) is 0 Å². The van der Waals surface area contributed by atoms with Crippen molar-refractivity contribution >= 4 is 19.4 Å². The van der Waals surface area contributed by atoms with E-state index < -0.39 is 10.8 Å². The van der Waals surface area contributed by atoms with Crippen molar-refractivity contribution in [2.45, 2.75) is 46.5 Å². The van der Waals surface area contributed by atoms with Gasteiger partial charge in [0.15, 0.2) is 0 Å². The van der Waals surface area contributed by atoms with E-state index in [0.29, 0.717) is 25.5 Å². The molecule has 0 aliphatic rings. The second-order valence-corrected chi connectivity index (χ2v) is 5.43. The number of aliphatic hydroxyl groups is 5. The van der Waals surface area contributed by atoms with Crippen molar-refractivity contribution in [1.82, 2.24) is 0 Å². The standard InChI is InChI=1S/C6H14O3.C6H12O3.C4H8O.CH2O.H2/c2*1-2-6(3-7,4-8)5-9;1-2-3-4-5;1-2;/h7-9H,2-5H2,1H3;3,8-9H,2,4-5H2,1H3;4H,2-3H2,1H3;1H2;1H. The summed E-state index contributed by atoms with van der Waals surface area (Å²) < 4.78 is 0. The molecule has 0 unspecified atom stereocenters. The SMILES string of the molecule is C=O.CCC(C=O)(CO)CO.CCC(CO)(CO)CO.CCCC=O.[HH]. The molecule has 8 heteroatoms. The predicted octanol–water partition coefficient (Wildman–Crippen LogP) is -0.0275. The molecule has 0 aromatic heterocycles. The van der Waals surface area contributed by atoms with Gasteiger partial charge in [-0.05, 0) is 19.3 Å². The summed E-state index contributed by atoms with van der Waals surface area (Å²) in [7, 11) is 0. The van der Waals surface area contributed by atoms with E-state index in [-0.39, 0.29) is 34.5 Å². The van der Waals surface area contributed by atoms with Crippen LogP contribution in [0.5, 0.6) is 0 Å². The van der Waals surface area contributed by atoms with Gasteiger partial charge in [0.25, 0.3) is 0 Å². The number of hydrogen-bond acceptors (Lipinski definition) is 8. The van der Waals surface area contributed by atoms with Gasteiger partial charge >= 0.3 is 0 Å². The normalized spacial score (nSPS) is 10.1. The van der Waals surface area contributed by atoms with Crippen LogP contribution >= 0.6 is 0 Å². The minimum atomic E-state index is -0.903. The summed E-state index contributed by atoms with van der Waals surface area (Å²) in [5, 5.41) is 43.1. The largest absolute Gasteiger partial charge is 0.396 e. The van der Waals surface area contributed by atoms with Gasteiger partial charge in [0.05, 0.1) is 38.4 Å². The summed E-state index contributed by atoms with van der Waals surface area (Å²) in [6.45, 7) is 6.54. The summed E-state index contributed by atoms with van der Waals surface area (Å²) in [4.78, 5) is 27.6. The second-order valence-electron chi connectivity index (χ2n) is 5.43. The lowest BCUT2D eigenvalue weighted by molar-refractivity contribution is -0.121. The first-order valence-corrected chi connectivity index (χ1v) is 8.13. The smallest absolute Gasteiger partial charge is 0.130 e. The third-order valence-electron chi connectivity index (χ3n) is 3.75. The molecular weight excluding hydrogens is 332 g/mol. The van der Waals surface area contributed by atoms with Crippen LogP contribution in [0.15, 0.2) is 0 Å². The van der Waals surface area contributed by atoms with E-state index in [9.17, 15) is 9.59 Å². The molecule has 0 bridgehead atoms. The van der Waals surface area contributed by atoms with Crippen LogP contribution in [0.3, 0.4) is 0 Å². The lowest BCUT2D eigenvalue weighted by atomic mass is 9.88. The molecule has 0 aliphatic carbocycles. The monoisotopic (exact) mass is 370 g/mol. The molecule has 0 radical (unpaired) electrons. The molecule has 154 valence electrons. The second kappa shape index (κ2) is 22.8. The molecule has 0 aromatic carbocycles. The van der Waals surface area contributed by atoms with Crippen molar-refractivity contribution in [3.8, 4) is 0 Å². The van der Waals surface area contributed by atoms with Gasteiger partial charge in [-0.2, -0.15) is 0 Å². The van der Waals surface area contributed by atoms with Gasteiger partial charge in [-0.1, -0.05) is 20.8 Å². The summed E-state index contributed by atoms with van der Waals surface area (Å²) >= 11 is 0. The average Bonchev–Trinajstić information content (AvgIpc) is 2.70. The number of hydrogen-bond donors (Lipinski definition) is 5. The van der Waals surface area contributed by atoms with Crippen molar-refractivity contribution in [2.75, 3.05) is 33.0 Å². The van der Waals surface area contributed by atoms with Crippen molar-refractivity contribution in [2.24, 2.45) is 10.8 Å². The van der Waals surface area contributed by atoms with Crippen LogP contribution in [0.4, 0.5) is 0 Å². The predicted molar refractivity (Wildman–Crippen MR) is 97.1 cm³/mol. The summed E-state index contributed by atoms with van der Waals surface area (Å²) in [6, 6.07) is 0. The number of carbonyl (C=O) groups excluding carboxylic acids is 3. The minimum absolute atomic E-state index is 0. The molecule has 0 spiro atoms. The van der Waals surface area contributed by atoms with E-state index >= 15 is 0 Å². The highest BCUT2D eigenvalue weighted by atomic mass is 16.3. The van der Waals surface area contributed by atoms with Crippen molar-refractivity contribution in [3.05, 3.63) is 0 Å². The van der Waals surface area contributed by atoms with Gasteiger partial charge in [-0.15, -0.1) is 0 Å². The van der Waals surface area contributed by atoms with Gasteiger partial charge in [0.1, 0.15) is 19.4 Å². The van der Waals surface area contributed by atoms with E-state index in [2.05, 4.69) is 0 Å². The van der Waals surface area contributed by atoms with Crippen LogP contribution in [0.2, 0.25) is 0 Å². The fraction of sp³-hybridized carbons (Fsp3) is 0.824. The highest BCUT2D eigenvalue weighted by Crippen LogP contribution is 2.18. The maximum atomic E-state index is 10.2. The van der Waals surface area contributed by atoms with E-state index in [1.54, 1.807) is 6.92 Å². The lowest BCUT2D eigenvalue weighted by Crippen LogP contribution is -2.32. The molecule has 0 aliphatic heterocycles. The average molecular weight is 370 g/mol. The molecular formula is C17H38O8. The Labute approximate surface area is 152 Å². The molecule has 0 amide bonds. The molecule has 0 rings (SSSR count). The van der Waals surface area contributed by atoms with Gasteiger partial charge < -0.3 is 39.9 Å². The van der Waals surface area contributed by atoms with Crippen LogP contribution in [-0.4, -0.2) is 77.9 Å². The molecule has 0 fully saturated rings. The Bertz CT molecular complexity index is 256. The third kappa shape index (κ3) is 16.0. The maximum absolute atomic E-state index is 10.2. The van der Waals surface area contributed by atoms with Crippen molar-refractivity contribution in [3.63, 3.8) is 0 Å². The maximum Gasteiger partial charge on any atom is 0.130 e. The number of unbranched alkanes of at least 4 members (excludes halogenated alkanes) is 1. The number of rotatable bonds is 10. The van der Waals surface area contributed by atoms with Gasteiger partial charge in [0.2, 0.25) is 0 Å². The van der Waals surface area contributed by atoms with Gasteiger partial charge in [-0.25, -0.2) is 0 Å². The number of carbonyl (C=O) groups is 3. The van der Waals surface area contributed by atoms with Crippen molar-refractivity contribution in [1.29, 1.82) is 0 Å². The first-order valence-electron chi connectivity index (χ1n) is 8.13. The topological polar surface area (TPSA) is 152 Å². The highest BCUT2D eigenvalue weighted by Gasteiger charge is 2.25. The minimum Gasteiger partial charge on any atom is -0.396 e. The zero-order valence-electron chi connectivity index (χ0n) is 15.7. The highest BCUT2D eigenvalue weighted by molar-refractivity contribution is 5.59. The summed E-state index contributed by atoms with van der Waals surface area (Å²) in [5.74, 6) is 0. The van der Waals surface area contributed by atoms with Crippen LogP contribution < -0.4 is 0 Å². The number of aldehydes is 2. The van der Waals surface area contributed by atoms with Crippen LogP contribution in [0, 0.1) is 10.8 Å². The summed E-state index contributed by atoms with van der Waals surface area (Å²) in [6.07, 6.45) is 4.29. The molecule has 0 saturated heterocycles. The molecule has 0 saturated carbocycles. The van der Waals surface area contributed by atoms with Gasteiger partial charge in [-0.3, -0.25) is 0 Å². The van der Waals surface area contributed by atoms with E-state index in [4.69, 9.17) is 30.3 Å². The molecule has 25 heavy (non-hydrogen) atoms. The van der Waals surface area contributed by atoms with E-state index in [1.165, 1.54) is 0 Å². The Kier molecular flexibility index (Phi) is 28.8. The molecule has 0 heterocycles. The van der Waals surface area contributed by atoms with Gasteiger partial charge in [0, 0.05) is 13.3 Å². The van der Waals surface area contributed by atoms with E-state index in [0.717, 1.165) is 12.7 Å². The molecule has 0 aromatic rings. The molecule has 8 nitrogen and oxygen atoms in total. The first-order chi connectivity index (χ1) is 11.9. The first kappa shape index (κ1) is 31.6. The number of aliphatic hydroxyl groups excluding tert-OH is 5. The third-order valence-corrected chi connectivity index (χ3v) is 3.75. The molecule has 0 atom stereocenters. The zero-order chi connectivity index (χ0) is 20.8. The fourth-order valence-corrected chi connectivity index (χ4v) is 1.03. The Morgan fingerprint density at radius 3 is 1.20 bits per heavy atom. The lowest BCUT2D eigenvalue weighted by Gasteiger charge is -2.24. The Morgan fingerprint density at radius 2 is 1.20 bits per heavy atom. The summed E-state index contributed by atoms with van der Waals surface area (Å²) in [5.41, 5.74) is -1.57. The Hall–Kier alpha value is -1.19.